The number of rotatable bonds is 2. The van der Waals surface area contributed by atoms with Gasteiger partial charge in [-0.1, -0.05) is 0 Å². The van der Waals surface area contributed by atoms with Crippen molar-refractivity contribution in [1.82, 2.24) is 5.32 Å². The number of benzene rings is 1. The van der Waals surface area contributed by atoms with E-state index in [1.54, 1.807) is 0 Å². The average Bonchev–Trinajstić information content (AvgIpc) is 2.54. The summed E-state index contributed by atoms with van der Waals surface area (Å²) in [4.78, 5) is 35.0. The minimum Gasteiger partial charge on any atom is -0.358 e. The quantitative estimate of drug-likeness (QED) is 0.769. The first-order valence-corrected chi connectivity index (χ1v) is 5.01. The molecule has 0 atom stereocenters. The fraction of sp³-hybridized carbons (Fsp3) is 0.182. The molecule has 0 radical (unpaired) electrons. The largest absolute Gasteiger partial charge is 0.358 e. The van der Waals surface area contributed by atoms with Gasteiger partial charge in [0.15, 0.2) is 5.82 Å². The number of hydrogen-bond donors (Lipinski definition) is 1. The zero-order valence-corrected chi connectivity index (χ0v) is 9.29. The van der Waals surface area contributed by atoms with E-state index in [9.17, 15) is 23.2 Å². The molecule has 0 saturated heterocycles. The van der Waals surface area contributed by atoms with Gasteiger partial charge in [-0.2, -0.15) is 0 Å². The van der Waals surface area contributed by atoms with Crippen molar-refractivity contribution < 1.29 is 23.2 Å². The van der Waals surface area contributed by atoms with Gasteiger partial charge in [0.2, 0.25) is 5.91 Å². The molecule has 1 aliphatic rings. The molecule has 0 unspecified atom stereocenters. The van der Waals surface area contributed by atoms with Crippen LogP contribution in [-0.2, 0) is 9.59 Å². The lowest BCUT2D eigenvalue weighted by atomic mass is 10.1. The highest BCUT2D eigenvalue weighted by Crippen LogP contribution is 2.32. The van der Waals surface area contributed by atoms with E-state index in [4.69, 9.17) is 0 Å². The number of likely N-dealkylation sites (N-methyl/N-ethyl adjacent to an activating group) is 1. The predicted octanol–water partition coefficient (Wildman–Crippen LogP) is 0.240. The molecule has 0 spiro atoms. The van der Waals surface area contributed by atoms with Crippen molar-refractivity contribution in [2.75, 3.05) is 18.5 Å². The van der Waals surface area contributed by atoms with E-state index < -0.39 is 35.8 Å². The summed E-state index contributed by atoms with van der Waals surface area (Å²) in [6.07, 6.45) is 0. The van der Waals surface area contributed by atoms with E-state index in [-0.39, 0.29) is 11.3 Å². The number of carbonyl (C=O) groups excluding carboxylic acids is 3. The fourth-order valence-electron chi connectivity index (χ4n) is 1.73. The molecule has 0 bridgehead atoms. The van der Waals surface area contributed by atoms with Gasteiger partial charge < -0.3 is 5.32 Å². The Kier molecular flexibility index (Phi) is 2.82. The van der Waals surface area contributed by atoms with Gasteiger partial charge in [0.05, 0.1) is 11.3 Å². The summed E-state index contributed by atoms with van der Waals surface area (Å²) in [6, 6.07) is 1.34. The van der Waals surface area contributed by atoms with Crippen molar-refractivity contribution >= 4 is 23.3 Å². The van der Waals surface area contributed by atoms with Crippen LogP contribution in [0.1, 0.15) is 10.4 Å². The van der Waals surface area contributed by atoms with Gasteiger partial charge >= 0.3 is 0 Å². The Morgan fingerprint density at radius 2 is 2.00 bits per heavy atom. The highest BCUT2D eigenvalue weighted by Gasteiger charge is 2.39. The van der Waals surface area contributed by atoms with Crippen LogP contribution in [0.5, 0.6) is 0 Å². The Morgan fingerprint density at radius 1 is 1.33 bits per heavy atom. The van der Waals surface area contributed by atoms with Crippen molar-refractivity contribution in [3.63, 3.8) is 0 Å². The Bertz CT molecular complexity index is 572. The first-order chi connectivity index (χ1) is 8.45. The zero-order valence-electron chi connectivity index (χ0n) is 9.29. The zero-order chi connectivity index (χ0) is 13.4. The van der Waals surface area contributed by atoms with E-state index in [0.29, 0.717) is 11.0 Å². The second kappa shape index (κ2) is 4.17. The van der Waals surface area contributed by atoms with E-state index in [2.05, 4.69) is 5.32 Å². The van der Waals surface area contributed by atoms with Gasteiger partial charge in [0.25, 0.3) is 11.7 Å². The molecule has 94 valence electrons. The third-order valence-electron chi connectivity index (χ3n) is 2.56. The normalized spacial score (nSPS) is 13.8. The van der Waals surface area contributed by atoms with Crippen LogP contribution < -0.4 is 10.2 Å². The van der Waals surface area contributed by atoms with Gasteiger partial charge in [-0.05, 0) is 6.07 Å². The van der Waals surface area contributed by atoms with Gasteiger partial charge in [0.1, 0.15) is 12.4 Å². The van der Waals surface area contributed by atoms with E-state index in [1.807, 2.05) is 0 Å². The minimum atomic E-state index is -1.05. The van der Waals surface area contributed by atoms with E-state index >= 15 is 0 Å². The highest BCUT2D eigenvalue weighted by atomic mass is 19.1. The summed E-state index contributed by atoms with van der Waals surface area (Å²) in [5.41, 5.74) is -0.712. The Labute approximate surface area is 100 Å². The Balaban J connectivity index is 2.51. The van der Waals surface area contributed by atoms with Crippen molar-refractivity contribution in [1.29, 1.82) is 0 Å². The summed E-state index contributed by atoms with van der Waals surface area (Å²) >= 11 is 0. The lowest BCUT2D eigenvalue weighted by Gasteiger charge is -2.15. The molecular weight excluding hydrogens is 246 g/mol. The lowest BCUT2D eigenvalue weighted by molar-refractivity contribution is -0.121. The number of Topliss-reactive ketones (excluding diaryl/α,β-unsaturated/α-hetero) is 1. The maximum atomic E-state index is 13.6. The number of amides is 2. The van der Waals surface area contributed by atoms with E-state index in [1.165, 1.54) is 7.05 Å². The fourth-order valence-corrected chi connectivity index (χ4v) is 1.73. The van der Waals surface area contributed by atoms with Gasteiger partial charge in [-0.15, -0.1) is 0 Å². The van der Waals surface area contributed by atoms with Crippen LogP contribution in [0.2, 0.25) is 0 Å². The average molecular weight is 254 g/mol. The number of nitrogens with one attached hydrogen (secondary N) is 1. The molecule has 1 aromatic rings. The standard InChI is InChI=1S/C11H8F2N2O3/c1-14-8(16)4-15-9-6(10(17)11(15)18)2-5(12)3-7(9)13/h2-3H,4H2,1H3,(H,14,16). The Morgan fingerprint density at radius 3 is 2.61 bits per heavy atom. The molecule has 1 heterocycles. The maximum Gasteiger partial charge on any atom is 0.300 e. The SMILES string of the molecule is CNC(=O)CN1C(=O)C(=O)c2cc(F)cc(F)c21. The number of fused-ring (bicyclic) bond motifs is 1. The van der Waals surface area contributed by atoms with Crippen molar-refractivity contribution in [3.05, 3.63) is 29.3 Å². The molecule has 7 heteroatoms. The number of carbonyl (C=O) groups is 3. The van der Waals surface area contributed by atoms with Gasteiger partial charge in [-0.25, -0.2) is 8.78 Å². The second-order valence-electron chi connectivity index (χ2n) is 3.68. The van der Waals surface area contributed by atoms with Gasteiger partial charge in [-0.3, -0.25) is 19.3 Å². The van der Waals surface area contributed by atoms with Crippen LogP contribution in [0.3, 0.4) is 0 Å². The van der Waals surface area contributed by atoms with Crippen LogP contribution in [0.25, 0.3) is 0 Å². The molecule has 0 aromatic heterocycles. The third-order valence-corrected chi connectivity index (χ3v) is 2.56. The topological polar surface area (TPSA) is 66.5 Å². The van der Waals surface area contributed by atoms with Crippen LogP contribution in [-0.4, -0.2) is 31.2 Å². The molecule has 0 saturated carbocycles. The molecular formula is C11H8F2N2O3. The van der Waals surface area contributed by atoms with Crippen LogP contribution in [0.4, 0.5) is 14.5 Å². The third kappa shape index (κ3) is 1.73. The van der Waals surface area contributed by atoms with E-state index in [0.717, 1.165) is 6.07 Å². The minimum absolute atomic E-state index is 0.352. The molecule has 2 rings (SSSR count). The van der Waals surface area contributed by atoms with Crippen molar-refractivity contribution in [2.45, 2.75) is 0 Å². The lowest BCUT2D eigenvalue weighted by Crippen LogP contribution is -2.39. The molecule has 18 heavy (non-hydrogen) atoms. The summed E-state index contributed by atoms with van der Waals surface area (Å²) in [7, 11) is 1.34. The number of hydrogen-bond acceptors (Lipinski definition) is 3. The molecule has 0 aliphatic carbocycles. The summed E-state index contributed by atoms with van der Waals surface area (Å²) < 4.78 is 26.6. The maximum absolute atomic E-state index is 13.6. The van der Waals surface area contributed by atoms with Crippen molar-refractivity contribution in [2.24, 2.45) is 0 Å². The predicted molar refractivity (Wildman–Crippen MR) is 57.1 cm³/mol. The number of nitrogens with zero attached hydrogens (tertiary/aromatic N) is 1. The molecule has 1 aromatic carbocycles. The molecule has 5 nitrogen and oxygen atoms in total. The smallest absolute Gasteiger partial charge is 0.300 e. The molecule has 1 N–H and O–H groups in total. The first kappa shape index (κ1) is 12.2. The van der Waals surface area contributed by atoms with Crippen LogP contribution in [0.15, 0.2) is 12.1 Å². The summed E-state index contributed by atoms with van der Waals surface area (Å²) in [6.45, 7) is -0.489. The number of anilines is 1. The second-order valence-corrected chi connectivity index (χ2v) is 3.68. The summed E-state index contributed by atoms with van der Waals surface area (Å²) in [5, 5.41) is 2.25. The Hall–Kier alpha value is -2.31. The highest BCUT2D eigenvalue weighted by molar-refractivity contribution is 6.52. The first-order valence-electron chi connectivity index (χ1n) is 5.01. The number of halogens is 2. The van der Waals surface area contributed by atoms with Crippen molar-refractivity contribution in [3.8, 4) is 0 Å². The molecule has 2 amide bonds. The van der Waals surface area contributed by atoms with Crippen LogP contribution >= 0.6 is 0 Å². The number of ketones is 1. The molecule has 0 fully saturated rings. The summed E-state index contributed by atoms with van der Waals surface area (Å²) in [5.74, 6) is -4.62. The van der Waals surface area contributed by atoms with Crippen LogP contribution in [0, 0.1) is 11.6 Å². The van der Waals surface area contributed by atoms with Gasteiger partial charge in [0, 0.05) is 13.1 Å². The molecule has 1 aliphatic heterocycles. The monoisotopic (exact) mass is 254 g/mol.